The van der Waals surface area contributed by atoms with Crippen LogP contribution >= 0.6 is 0 Å². The smallest absolute Gasteiger partial charge is 0.251 e. The normalized spacial score (nSPS) is 11.9. The maximum Gasteiger partial charge on any atom is 0.251 e. The molecule has 0 radical (unpaired) electrons. The van der Waals surface area contributed by atoms with E-state index >= 15 is 0 Å². The van der Waals surface area contributed by atoms with Gasteiger partial charge in [0.15, 0.2) is 0 Å². The fourth-order valence-electron chi connectivity index (χ4n) is 2.29. The second kappa shape index (κ2) is 6.90. The van der Waals surface area contributed by atoms with Gasteiger partial charge in [-0.3, -0.25) is 4.79 Å². The van der Waals surface area contributed by atoms with Crippen molar-refractivity contribution < 1.29 is 4.79 Å². The standard InChI is InChI=1S/C18H21NO/c1-3-16(13-15-10-5-4-6-11-15)19-18(20)17-12-8-7-9-14(17)2/h4-12,16H,3,13H2,1-2H3,(H,19,20)/t16-/m0/s1. The zero-order chi connectivity index (χ0) is 14.4. The third-order valence-corrected chi connectivity index (χ3v) is 3.54. The van der Waals surface area contributed by atoms with Gasteiger partial charge in [-0.2, -0.15) is 0 Å². The fourth-order valence-corrected chi connectivity index (χ4v) is 2.29. The van der Waals surface area contributed by atoms with E-state index < -0.39 is 0 Å². The minimum absolute atomic E-state index is 0.0193. The summed E-state index contributed by atoms with van der Waals surface area (Å²) in [6.45, 7) is 4.07. The van der Waals surface area contributed by atoms with Crippen LogP contribution in [0.25, 0.3) is 0 Å². The molecule has 2 aromatic rings. The minimum atomic E-state index is 0.0193. The van der Waals surface area contributed by atoms with E-state index in [0.29, 0.717) is 0 Å². The molecule has 0 heterocycles. The first-order valence-electron chi connectivity index (χ1n) is 7.11. The van der Waals surface area contributed by atoms with Gasteiger partial charge in [-0.1, -0.05) is 55.5 Å². The zero-order valence-electron chi connectivity index (χ0n) is 12.1. The summed E-state index contributed by atoms with van der Waals surface area (Å²) in [5.41, 5.74) is 3.03. The molecule has 0 aliphatic heterocycles. The molecule has 1 amide bonds. The van der Waals surface area contributed by atoms with Gasteiger partial charge in [-0.25, -0.2) is 0 Å². The van der Waals surface area contributed by atoms with Gasteiger partial charge in [-0.05, 0) is 37.0 Å². The Balaban J connectivity index is 2.03. The topological polar surface area (TPSA) is 29.1 Å². The van der Waals surface area contributed by atoms with E-state index in [1.54, 1.807) is 0 Å². The van der Waals surface area contributed by atoms with Crippen molar-refractivity contribution in [3.8, 4) is 0 Å². The summed E-state index contributed by atoms with van der Waals surface area (Å²) in [5.74, 6) is 0.0193. The Kier molecular flexibility index (Phi) is 4.94. The summed E-state index contributed by atoms with van der Waals surface area (Å²) in [5, 5.41) is 3.13. The monoisotopic (exact) mass is 267 g/mol. The Hall–Kier alpha value is -2.09. The predicted molar refractivity (Wildman–Crippen MR) is 82.9 cm³/mol. The molecule has 2 rings (SSSR count). The maximum atomic E-state index is 12.3. The summed E-state index contributed by atoms with van der Waals surface area (Å²) in [6.07, 6.45) is 1.79. The van der Waals surface area contributed by atoms with E-state index in [2.05, 4.69) is 24.4 Å². The highest BCUT2D eigenvalue weighted by atomic mass is 16.1. The van der Waals surface area contributed by atoms with E-state index in [1.165, 1.54) is 5.56 Å². The summed E-state index contributed by atoms with van der Waals surface area (Å²) < 4.78 is 0. The molecular weight excluding hydrogens is 246 g/mol. The number of hydrogen-bond donors (Lipinski definition) is 1. The van der Waals surface area contributed by atoms with Crippen molar-refractivity contribution in [2.24, 2.45) is 0 Å². The van der Waals surface area contributed by atoms with Crippen LogP contribution in [0, 0.1) is 6.92 Å². The van der Waals surface area contributed by atoms with Crippen molar-refractivity contribution >= 4 is 5.91 Å². The molecule has 0 aromatic heterocycles. The van der Waals surface area contributed by atoms with E-state index in [1.807, 2.05) is 49.4 Å². The average molecular weight is 267 g/mol. The lowest BCUT2D eigenvalue weighted by Crippen LogP contribution is -2.36. The van der Waals surface area contributed by atoms with Crippen molar-refractivity contribution in [3.05, 3.63) is 71.3 Å². The Morgan fingerprint density at radius 2 is 1.70 bits per heavy atom. The molecule has 0 fully saturated rings. The first-order valence-corrected chi connectivity index (χ1v) is 7.11. The van der Waals surface area contributed by atoms with Gasteiger partial charge in [0, 0.05) is 11.6 Å². The number of carbonyl (C=O) groups is 1. The van der Waals surface area contributed by atoms with Gasteiger partial charge in [-0.15, -0.1) is 0 Å². The minimum Gasteiger partial charge on any atom is -0.349 e. The summed E-state index contributed by atoms with van der Waals surface area (Å²) in [7, 11) is 0. The summed E-state index contributed by atoms with van der Waals surface area (Å²) >= 11 is 0. The van der Waals surface area contributed by atoms with Crippen LogP contribution in [0.3, 0.4) is 0 Å². The van der Waals surface area contributed by atoms with Crippen molar-refractivity contribution in [1.82, 2.24) is 5.32 Å². The van der Waals surface area contributed by atoms with Gasteiger partial charge < -0.3 is 5.32 Å². The second-order valence-corrected chi connectivity index (χ2v) is 5.08. The zero-order valence-corrected chi connectivity index (χ0v) is 12.1. The number of aryl methyl sites for hydroxylation is 1. The highest BCUT2D eigenvalue weighted by Crippen LogP contribution is 2.10. The molecule has 0 aliphatic rings. The molecule has 2 heteroatoms. The molecule has 0 spiro atoms. The van der Waals surface area contributed by atoms with Crippen LogP contribution in [-0.2, 0) is 6.42 Å². The van der Waals surface area contributed by atoms with Crippen LogP contribution in [0.15, 0.2) is 54.6 Å². The SMILES string of the molecule is CC[C@@H](Cc1ccccc1)NC(=O)c1ccccc1C. The molecule has 20 heavy (non-hydrogen) atoms. The third kappa shape index (κ3) is 3.70. The van der Waals surface area contributed by atoms with E-state index in [0.717, 1.165) is 24.0 Å². The molecule has 1 atom stereocenters. The lowest BCUT2D eigenvalue weighted by atomic mass is 10.0. The van der Waals surface area contributed by atoms with Crippen LogP contribution in [0.5, 0.6) is 0 Å². The molecule has 1 N–H and O–H groups in total. The average Bonchev–Trinajstić information content (AvgIpc) is 2.48. The number of amides is 1. The van der Waals surface area contributed by atoms with Crippen molar-refractivity contribution in [3.63, 3.8) is 0 Å². The molecule has 2 nitrogen and oxygen atoms in total. The molecule has 0 bridgehead atoms. The van der Waals surface area contributed by atoms with Crippen molar-refractivity contribution in [1.29, 1.82) is 0 Å². The van der Waals surface area contributed by atoms with Crippen molar-refractivity contribution in [2.75, 3.05) is 0 Å². The lowest BCUT2D eigenvalue weighted by Gasteiger charge is -2.18. The van der Waals surface area contributed by atoms with E-state index in [4.69, 9.17) is 0 Å². The first kappa shape index (κ1) is 14.3. The van der Waals surface area contributed by atoms with Crippen LogP contribution < -0.4 is 5.32 Å². The number of hydrogen-bond acceptors (Lipinski definition) is 1. The van der Waals surface area contributed by atoms with Crippen LogP contribution in [0.2, 0.25) is 0 Å². The van der Waals surface area contributed by atoms with E-state index in [-0.39, 0.29) is 11.9 Å². The quantitative estimate of drug-likeness (QED) is 0.878. The highest BCUT2D eigenvalue weighted by Gasteiger charge is 2.13. The van der Waals surface area contributed by atoms with Gasteiger partial charge in [0.05, 0.1) is 0 Å². The van der Waals surface area contributed by atoms with Crippen LogP contribution in [0.1, 0.15) is 34.8 Å². The molecular formula is C18H21NO. The summed E-state index contributed by atoms with van der Waals surface area (Å²) in [6, 6.07) is 18.1. The Morgan fingerprint density at radius 3 is 2.35 bits per heavy atom. The molecule has 0 aliphatic carbocycles. The molecule has 0 saturated carbocycles. The number of rotatable bonds is 5. The Bertz CT molecular complexity index is 563. The van der Waals surface area contributed by atoms with Crippen molar-refractivity contribution in [2.45, 2.75) is 32.7 Å². The van der Waals surface area contributed by atoms with Gasteiger partial charge >= 0.3 is 0 Å². The lowest BCUT2D eigenvalue weighted by molar-refractivity contribution is 0.0935. The Labute approximate surface area is 120 Å². The molecule has 2 aromatic carbocycles. The second-order valence-electron chi connectivity index (χ2n) is 5.08. The number of benzene rings is 2. The molecule has 0 saturated heterocycles. The third-order valence-electron chi connectivity index (χ3n) is 3.54. The van der Waals surface area contributed by atoms with Crippen LogP contribution in [-0.4, -0.2) is 11.9 Å². The fraction of sp³-hybridized carbons (Fsp3) is 0.278. The molecule has 104 valence electrons. The van der Waals surface area contributed by atoms with Gasteiger partial charge in [0.2, 0.25) is 0 Å². The van der Waals surface area contributed by atoms with Crippen LogP contribution in [0.4, 0.5) is 0 Å². The largest absolute Gasteiger partial charge is 0.349 e. The Morgan fingerprint density at radius 1 is 1.05 bits per heavy atom. The molecule has 0 unspecified atom stereocenters. The van der Waals surface area contributed by atoms with Gasteiger partial charge in [0.25, 0.3) is 5.91 Å². The first-order chi connectivity index (χ1) is 9.70. The highest BCUT2D eigenvalue weighted by molar-refractivity contribution is 5.95. The van der Waals surface area contributed by atoms with E-state index in [9.17, 15) is 4.79 Å². The summed E-state index contributed by atoms with van der Waals surface area (Å²) in [4.78, 5) is 12.3. The number of carbonyl (C=O) groups excluding carboxylic acids is 1. The predicted octanol–water partition coefficient (Wildman–Crippen LogP) is 3.75. The maximum absolute atomic E-state index is 12.3. The van der Waals surface area contributed by atoms with Gasteiger partial charge in [0.1, 0.15) is 0 Å². The number of nitrogens with one attached hydrogen (secondary N) is 1.